The molecule has 4 atom stereocenters. The first kappa shape index (κ1) is 53.1. The number of nitrogens with zero attached hydrogens (tertiary/aromatic N) is 6. The molecule has 1 fully saturated rings. The molecule has 1 unspecified atom stereocenters. The third kappa shape index (κ3) is 10.6. The van der Waals surface area contributed by atoms with Gasteiger partial charge in [-0.25, -0.2) is 30.6 Å². The van der Waals surface area contributed by atoms with Gasteiger partial charge in [-0.15, -0.1) is 0 Å². The molecule has 71 heavy (non-hydrogen) atoms. The lowest BCUT2D eigenvalue weighted by molar-refractivity contribution is -0.143. The zero-order valence-corrected chi connectivity index (χ0v) is 40.6. The van der Waals surface area contributed by atoms with Crippen molar-refractivity contribution in [2.45, 2.75) is 101 Å². The molecular weight excluding hydrogens is 1020 g/mol. The Bertz CT molecular complexity index is 3270. The van der Waals surface area contributed by atoms with Crippen molar-refractivity contribution in [1.82, 2.24) is 29.9 Å². The molecule has 1 N–H and O–H groups in total. The van der Waals surface area contributed by atoms with E-state index in [4.69, 9.17) is 11.6 Å². The van der Waals surface area contributed by atoms with Gasteiger partial charge in [0.25, 0.3) is 5.92 Å². The second-order valence-electron chi connectivity index (χ2n) is 18.1. The van der Waals surface area contributed by atoms with E-state index in [0.29, 0.717) is 23.4 Å². The van der Waals surface area contributed by atoms with Crippen LogP contribution in [0.25, 0.3) is 22.0 Å². The number of hydrogen-bond donors (Lipinski definition) is 1. The maximum Gasteiger partial charge on any atom is 0.435 e. The Morgan fingerprint density at radius 3 is 2.17 bits per heavy atom. The lowest BCUT2D eigenvalue weighted by atomic mass is 9.93. The Kier molecular flexibility index (Phi) is 13.7. The number of sulfone groups is 1. The molecule has 1 saturated carbocycles. The highest BCUT2D eigenvalue weighted by Crippen LogP contribution is 2.68. The second kappa shape index (κ2) is 18.4. The van der Waals surface area contributed by atoms with E-state index in [1.807, 2.05) is 0 Å². The quantitative estimate of drug-likeness (QED) is 0.0844. The first-order valence-electron chi connectivity index (χ1n) is 21.5. The van der Waals surface area contributed by atoms with Crippen LogP contribution in [0.1, 0.15) is 92.8 Å². The molecule has 2 aliphatic carbocycles. The number of aromatic nitrogens is 5. The van der Waals surface area contributed by atoms with Gasteiger partial charge in [0.05, 0.1) is 33.9 Å². The van der Waals surface area contributed by atoms with Crippen LogP contribution in [0, 0.1) is 35.3 Å². The van der Waals surface area contributed by atoms with Gasteiger partial charge in [0.1, 0.15) is 40.9 Å². The summed E-state index contributed by atoms with van der Waals surface area (Å²) in [6.45, 7) is 2.39. The number of carbonyl (C=O) groups excluding carboxylic acids is 2. The Morgan fingerprint density at radius 1 is 0.958 bits per heavy atom. The SMILES string of the molecule is CCCC(C)C(=O)N(c1nn(CC(F)(F)F)c2c(-c3ccc(C#CC(C)(C)S(C)(=O)=O)nc3[C@H](Cc3cc(F)cc(F)c3)NC(=O)Cn3nc(C(F)(F)F)c4c3C(F)(F)[C@@H]3C[C@H]43)ccc(Cl)c12)S(C)(=O)=O. The van der Waals surface area contributed by atoms with Crippen LogP contribution in [-0.4, -0.2) is 76.6 Å². The minimum atomic E-state index is -5.21. The summed E-state index contributed by atoms with van der Waals surface area (Å²) in [5, 5.41) is 8.93. The van der Waals surface area contributed by atoms with E-state index in [1.54, 1.807) is 6.92 Å². The van der Waals surface area contributed by atoms with Gasteiger partial charge in [-0.3, -0.25) is 19.0 Å². The zero-order chi connectivity index (χ0) is 52.7. The van der Waals surface area contributed by atoms with Crippen molar-refractivity contribution in [3.63, 3.8) is 0 Å². The molecule has 2 amide bonds. The van der Waals surface area contributed by atoms with Crippen LogP contribution in [0.15, 0.2) is 42.5 Å². The largest absolute Gasteiger partial charge is 0.435 e. The van der Waals surface area contributed by atoms with Crippen molar-refractivity contribution in [3.05, 3.63) is 93.0 Å². The Balaban J connectivity index is 1.49. The summed E-state index contributed by atoms with van der Waals surface area (Å²) in [6.07, 6.45) is -9.19. The van der Waals surface area contributed by atoms with E-state index in [9.17, 15) is 61.5 Å². The van der Waals surface area contributed by atoms with E-state index in [0.717, 1.165) is 30.5 Å². The van der Waals surface area contributed by atoms with Gasteiger partial charge in [0, 0.05) is 40.8 Å². The first-order valence-corrected chi connectivity index (χ1v) is 25.6. The topological polar surface area (TPSA) is 166 Å². The summed E-state index contributed by atoms with van der Waals surface area (Å²) in [5.74, 6) is -7.84. The monoisotopic (exact) mass is 1070 g/mol. The number of alkyl halides is 8. The van der Waals surface area contributed by atoms with Crippen molar-refractivity contribution in [2.24, 2.45) is 11.8 Å². The number of hydrogen-bond acceptors (Lipinski definition) is 9. The second-order valence-corrected chi connectivity index (χ2v) is 22.9. The Morgan fingerprint density at radius 2 is 1.59 bits per heavy atom. The maximum absolute atomic E-state index is 15.6. The van der Waals surface area contributed by atoms with Crippen molar-refractivity contribution in [3.8, 4) is 23.0 Å². The molecular formula is C45H42ClF10N7O6S2. The fourth-order valence-electron chi connectivity index (χ4n) is 8.58. The van der Waals surface area contributed by atoms with E-state index in [2.05, 4.69) is 32.3 Å². The summed E-state index contributed by atoms with van der Waals surface area (Å²) < 4.78 is 198. The number of sulfonamides is 1. The summed E-state index contributed by atoms with van der Waals surface area (Å²) in [5.41, 5.74) is -5.61. The highest BCUT2D eigenvalue weighted by atomic mass is 35.5. The normalized spacial score (nSPS) is 17.5. The molecule has 0 bridgehead atoms. The van der Waals surface area contributed by atoms with Gasteiger partial charge in [-0.2, -0.15) is 49.6 Å². The van der Waals surface area contributed by atoms with Gasteiger partial charge < -0.3 is 5.32 Å². The molecule has 0 radical (unpaired) electrons. The molecule has 382 valence electrons. The molecule has 2 aliphatic rings. The molecule has 0 spiro atoms. The average molecular weight is 1070 g/mol. The van der Waals surface area contributed by atoms with E-state index in [-0.39, 0.29) is 44.2 Å². The zero-order valence-electron chi connectivity index (χ0n) is 38.2. The maximum atomic E-state index is 15.6. The fourth-order valence-corrected chi connectivity index (χ4v) is 10.0. The number of rotatable bonds is 14. The van der Waals surface area contributed by atoms with Crippen LogP contribution in [0.5, 0.6) is 0 Å². The lowest BCUT2D eigenvalue weighted by Crippen LogP contribution is -2.40. The van der Waals surface area contributed by atoms with Crippen LogP contribution < -0.4 is 9.62 Å². The average Bonchev–Trinajstić information content (AvgIpc) is 3.74. The van der Waals surface area contributed by atoms with Gasteiger partial charge in [0.15, 0.2) is 21.3 Å². The van der Waals surface area contributed by atoms with E-state index >= 15 is 8.78 Å². The number of benzene rings is 2. The van der Waals surface area contributed by atoms with Crippen molar-refractivity contribution in [1.29, 1.82) is 0 Å². The first-order chi connectivity index (χ1) is 32.6. The third-order valence-corrected chi connectivity index (χ3v) is 15.5. The van der Waals surface area contributed by atoms with Crippen LogP contribution in [-0.2, 0) is 61.1 Å². The number of amides is 2. The smallest absolute Gasteiger partial charge is 0.346 e. The Labute approximate surface area is 404 Å². The molecule has 7 rings (SSSR count). The summed E-state index contributed by atoms with van der Waals surface area (Å²) in [6, 6.07) is 5.00. The van der Waals surface area contributed by atoms with Crippen LogP contribution in [0.4, 0.5) is 49.7 Å². The molecule has 0 saturated heterocycles. The molecule has 3 aromatic heterocycles. The minimum Gasteiger partial charge on any atom is -0.346 e. The number of pyridine rings is 1. The molecule has 5 aromatic rings. The standard InChI is InChI=1S/C45H42ClF10N7O6S2/c1-7-8-22(2)41(65)63(71(6,68)69)40-35-31(46)12-11-28(37(35)62(60-40)21-43(49,50)51)27-10-9-26(13-14-42(3,4)70(5,66)67)57-36(27)32(17-23-15-24(47)18-25(48)16-23)58-33(64)20-61-39-34(38(59-61)45(54,55)56)29-19-30(29)44(39,52)53/h9-12,15-16,18,22,29-30,32H,7-8,17,19-21H2,1-6H3,(H,58,64)/t22?,29-,30+,32-/m0/s1. The van der Waals surface area contributed by atoms with Gasteiger partial charge >= 0.3 is 12.4 Å². The molecule has 13 nitrogen and oxygen atoms in total. The Hall–Kier alpha value is -5.74. The third-order valence-electron chi connectivity index (χ3n) is 12.2. The van der Waals surface area contributed by atoms with E-state index < -0.39 is 154 Å². The number of fused-ring (bicyclic) bond motifs is 4. The summed E-state index contributed by atoms with van der Waals surface area (Å²) in [4.78, 5) is 32.6. The van der Waals surface area contributed by atoms with Crippen molar-refractivity contribution < 1.29 is 70.3 Å². The van der Waals surface area contributed by atoms with Crippen LogP contribution >= 0.6 is 11.6 Å². The fraction of sp³-hybridized carbons (Fsp3) is 0.444. The van der Waals surface area contributed by atoms with E-state index in [1.165, 1.54) is 32.9 Å². The van der Waals surface area contributed by atoms with Crippen LogP contribution in [0.2, 0.25) is 5.02 Å². The molecule has 0 aliphatic heterocycles. The summed E-state index contributed by atoms with van der Waals surface area (Å²) >= 11 is 6.67. The number of carbonyl (C=O) groups is 2. The number of halogens is 11. The number of anilines is 1. The minimum absolute atomic E-state index is 0.148. The molecule has 3 heterocycles. The lowest BCUT2D eigenvalue weighted by Gasteiger charge is -2.23. The highest BCUT2D eigenvalue weighted by Gasteiger charge is 2.68. The van der Waals surface area contributed by atoms with Gasteiger partial charge in [-0.1, -0.05) is 43.9 Å². The molecule has 26 heteroatoms. The van der Waals surface area contributed by atoms with Gasteiger partial charge in [0.2, 0.25) is 21.8 Å². The molecule has 2 aromatic carbocycles. The van der Waals surface area contributed by atoms with Crippen molar-refractivity contribution in [2.75, 3.05) is 16.8 Å². The van der Waals surface area contributed by atoms with Crippen LogP contribution in [0.3, 0.4) is 0 Å². The highest BCUT2D eigenvalue weighted by molar-refractivity contribution is 7.93. The summed E-state index contributed by atoms with van der Waals surface area (Å²) in [7, 11) is -8.57. The van der Waals surface area contributed by atoms with Crippen molar-refractivity contribution >= 4 is 60.0 Å². The predicted molar refractivity (Wildman–Crippen MR) is 239 cm³/mol. The predicted octanol–water partition coefficient (Wildman–Crippen LogP) is 9.02. The van der Waals surface area contributed by atoms with Gasteiger partial charge in [-0.05, 0) is 80.8 Å². The number of nitrogens with one attached hydrogen (secondary N) is 1.